The van der Waals surface area contributed by atoms with E-state index >= 15 is 0 Å². The molecule has 1 amide bonds. The monoisotopic (exact) mass is 278 g/mol. The number of nitrogens with zero attached hydrogens (tertiary/aromatic N) is 2. The van der Waals surface area contributed by atoms with E-state index in [0.717, 1.165) is 0 Å². The fraction of sp³-hybridized carbons (Fsp3) is 0.385. The van der Waals surface area contributed by atoms with Crippen molar-refractivity contribution in [2.45, 2.75) is 12.8 Å². The minimum Gasteiger partial charge on any atom is -0.481 e. The van der Waals surface area contributed by atoms with Crippen LogP contribution in [0.25, 0.3) is 0 Å². The van der Waals surface area contributed by atoms with E-state index in [1.54, 1.807) is 4.90 Å². The molecule has 1 fully saturated rings. The van der Waals surface area contributed by atoms with E-state index in [2.05, 4.69) is 0 Å². The zero-order valence-corrected chi connectivity index (χ0v) is 10.7. The van der Waals surface area contributed by atoms with Gasteiger partial charge in [-0.1, -0.05) is 0 Å². The number of hydrogen-bond acceptors (Lipinski definition) is 4. The number of nitro groups is 1. The molecular formula is C13H14N2O5. The predicted octanol–water partition coefficient (Wildman–Crippen LogP) is 1.53. The summed E-state index contributed by atoms with van der Waals surface area (Å²) < 4.78 is 0. The number of benzene rings is 1. The molecule has 0 saturated carbocycles. The summed E-state index contributed by atoms with van der Waals surface area (Å²) >= 11 is 0. The van der Waals surface area contributed by atoms with Crippen LogP contribution >= 0.6 is 0 Å². The van der Waals surface area contributed by atoms with E-state index in [4.69, 9.17) is 5.11 Å². The van der Waals surface area contributed by atoms with E-state index in [0.29, 0.717) is 31.5 Å². The van der Waals surface area contributed by atoms with Crippen LogP contribution in [0.1, 0.15) is 23.2 Å². The van der Waals surface area contributed by atoms with Gasteiger partial charge in [0.25, 0.3) is 11.6 Å². The number of aliphatic carboxylic acids is 1. The quantitative estimate of drug-likeness (QED) is 0.667. The molecule has 1 aliphatic heterocycles. The minimum atomic E-state index is -0.826. The van der Waals surface area contributed by atoms with E-state index in [1.807, 2.05) is 0 Å². The molecule has 0 radical (unpaired) electrons. The fourth-order valence-electron chi connectivity index (χ4n) is 2.24. The molecule has 0 unspecified atom stereocenters. The maximum Gasteiger partial charge on any atom is 0.306 e. The molecule has 0 spiro atoms. The molecule has 1 aliphatic rings. The lowest BCUT2D eigenvalue weighted by Crippen LogP contribution is -2.40. The summed E-state index contributed by atoms with van der Waals surface area (Å²) in [5.74, 6) is -1.44. The second-order valence-electron chi connectivity index (χ2n) is 4.71. The SMILES string of the molecule is O=C(O)C1CCN(C(=O)c2ccc([N+](=O)[O-])cc2)CC1. The predicted molar refractivity (Wildman–Crippen MR) is 69.4 cm³/mol. The van der Waals surface area contributed by atoms with Crippen molar-refractivity contribution < 1.29 is 19.6 Å². The standard InChI is InChI=1S/C13H14N2O5/c16-12(9-1-3-11(4-2-9)15(19)20)14-7-5-10(6-8-14)13(17)18/h1-4,10H,5-8H2,(H,17,18). The number of carbonyl (C=O) groups is 2. The Kier molecular flexibility index (Phi) is 3.97. The van der Waals surface area contributed by atoms with Gasteiger partial charge in [-0.3, -0.25) is 19.7 Å². The first-order valence-corrected chi connectivity index (χ1v) is 6.25. The van der Waals surface area contributed by atoms with Gasteiger partial charge in [0, 0.05) is 30.8 Å². The Labute approximate surface area is 115 Å². The first-order valence-electron chi connectivity index (χ1n) is 6.25. The van der Waals surface area contributed by atoms with Gasteiger partial charge in [-0.15, -0.1) is 0 Å². The average molecular weight is 278 g/mol. The molecule has 7 heteroatoms. The molecule has 0 aromatic heterocycles. The summed E-state index contributed by atoms with van der Waals surface area (Å²) in [7, 11) is 0. The number of rotatable bonds is 3. The second-order valence-corrected chi connectivity index (χ2v) is 4.71. The Morgan fingerprint density at radius 1 is 1.20 bits per heavy atom. The number of nitro benzene ring substituents is 1. The number of amides is 1. The van der Waals surface area contributed by atoms with Crippen molar-refractivity contribution in [2.24, 2.45) is 5.92 Å². The van der Waals surface area contributed by atoms with Gasteiger partial charge in [0.2, 0.25) is 0 Å². The molecule has 0 aliphatic carbocycles. The van der Waals surface area contributed by atoms with E-state index in [1.165, 1.54) is 24.3 Å². The van der Waals surface area contributed by atoms with Crippen molar-refractivity contribution in [2.75, 3.05) is 13.1 Å². The molecule has 20 heavy (non-hydrogen) atoms. The van der Waals surface area contributed by atoms with E-state index in [-0.39, 0.29) is 11.6 Å². The second kappa shape index (κ2) is 5.68. The third-order valence-corrected chi connectivity index (χ3v) is 3.46. The summed E-state index contributed by atoms with van der Waals surface area (Å²) in [4.78, 5) is 34.6. The number of carboxylic acid groups (broad SMARTS) is 1. The van der Waals surface area contributed by atoms with Crippen LogP contribution < -0.4 is 0 Å². The maximum atomic E-state index is 12.2. The van der Waals surface area contributed by atoms with Crippen molar-refractivity contribution in [1.29, 1.82) is 0 Å². The molecule has 1 aromatic carbocycles. The number of piperidine rings is 1. The van der Waals surface area contributed by atoms with Crippen molar-refractivity contribution in [3.63, 3.8) is 0 Å². The maximum absolute atomic E-state index is 12.2. The molecule has 1 heterocycles. The summed E-state index contributed by atoms with van der Waals surface area (Å²) in [6.45, 7) is 0.791. The van der Waals surface area contributed by atoms with Gasteiger partial charge in [-0.25, -0.2) is 0 Å². The molecule has 1 N–H and O–H groups in total. The number of carboxylic acids is 1. The third kappa shape index (κ3) is 2.93. The van der Waals surface area contributed by atoms with Crippen molar-refractivity contribution in [3.8, 4) is 0 Å². The summed E-state index contributed by atoms with van der Waals surface area (Å²) in [6.07, 6.45) is 0.877. The third-order valence-electron chi connectivity index (χ3n) is 3.46. The lowest BCUT2D eigenvalue weighted by Gasteiger charge is -2.30. The zero-order valence-electron chi connectivity index (χ0n) is 10.7. The lowest BCUT2D eigenvalue weighted by molar-refractivity contribution is -0.384. The van der Waals surface area contributed by atoms with Crippen LogP contribution in [0.2, 0.25) is 0 Å². The Morgan fingerprint density at radius 3 is 2.20 bits per heavy atom. The van der Waals surface area contributed by atoms with Crippen LogP contribution in [-0.4, -0.2) is 39.9 Å². The molecule has 7 nitrogen and oxygen atoms in total. The highest BCUT2D eigenvalue weighted by Gasteiger charge is 2.27. The number of likely N-dealkylation sites (tertiary alicyclic amines) is 1. The van der Waals surface area contributed by atoms with Crippen molar-refractivity contribution in [1.82, 2.24) is 4.90 Å². The Bertz CT molecular complexity index is 532. The van der Waals surface area contributed by atoms with Gasteiger partial charge in [-0.05, 0) is 25.0 Å². The van der Waals surface area contributed by atoms with Crippen LogP contribution in [0.3, 0.4) is 0 Å². The van der Waals surface area contributed by atoms with Gasteiger partial charge < -0.3 is 10.0 Å². The Morgan fingerprint density at radius 2 is 1.75 bits per heavy atom. The molecule has 2 rings (SSSR count). The van der Waals surface area contributed by atoms with Crippen LogP contribution in [0, 0.1) is 16.0 Å². The largest absolute Gasteiger partial charge is 0.481 e. The molecule has 0 bridgehead atoms. The molecule has 1 aromatic rings. The van der Waals surface area contributed by atoms with Gasteiger partial charge >= 0.3 is 5.97 Å². The van der Waals surface area contributed by atoms with E-state index in [9.17, 15) is 19.7 Å². The van der Waals surface area contributed by atoms with Crippen molar-refractivity contribution in [3.05, 3.63) is 39.9 Å². The molecule has 0 atom stereocenters. The smallest absolute Gasteiger partial charge is 0.306 e. The topological polar surface area (TPSA) is 101 Å². The zero-order chi connectivity index (χ0) is 14.7. The molecule has 1 saturated heterocycles. The number of non-ortho nitro benzene ring substituents is 1. The van der Waals surface area contributed by atoms with Crippen LogP contribution in [0.5, 0.6) is 0 Å². The average Bonchev–Trinajstić information content (AvgIpc) is 2.46. The molecule has 106 valence electrons. The number of hydrogen-bond donors (Lipinski definition) is 1. The highest BCUT2D eigenvalue weighted by atomic mass is 16.6. The lowest BCUT2D eigenvalue weighted by atomic mass is 9.96. The highest BCUT2D eigenvalue weighted by Crippen LogP contribution is 2.20. The number of carbonyl (C=O) groups excluding carboxylic acids is 1. The van der Waals surface area contributed by atoms with Crippen LogP contribution in [0.4, 0.5) is 5.69 Å². The van der Waals surface area contributed by atoms with Gasteiger partial charge in [0.15, 0.2) is 0 Å². The van der Waals surface area contributed by atoms with Crippen molar-refractivity contribution >= 4 is 17.6 Å². The summed E-state index contributed by atoms with van der Waals surface area (Å²) in [5, 5.41) is 19.4. The minimum absolute atomic E-state index is 0.0638. The first-order chi connectivity index (χ1) is 9.49. The highest BCUT2D eigenvalue weighted by molar-refractivity contribution is 5.94. The van der Waals surface area contributed by atoms with Gasteiger partial charge in [0.1, 0.15) is 0 Å². The van der Waals surface area contributed by atoms with Gasteiger partial charge in [0.05, 0.1) is 10.8 Å². The summed E-state index contributed by atoms with van der Waals surface area (Å²) in [6, 6.07) is 5.42. The normalized spacial score (nSPS) is 15.9. The molecular weight excluding hydrogens is 264 g/mol. The Balaban J connectivity index is 2.01. The van der Waals surface area contributed by atoms with E-state index < -0.39 is 16.8 Å². The summed E-state index contributed by atoms with van der Waals surface area (Å²) in [5.41, 5.74) is 0.315. The van der Waals surface area contributed by atoms with Gasteiger partial charge in [-0.2, -0.15) is 0 Å². The van der Waals surface area contributed by atoms with Crippen LogP contribution in [0.15, 0.2) is 24.3 Å². The fourth-order valence-corrected chi connectivity index (χ4v) is 2.24. The van der Waals surface area contributed by atoms with Crippen LogP contribution in [-0.2, 0) is 4.79 Å². The first kappa shape index (κ1) is 14.0. The Hall–Kier alpha value is -2.44.